The van der Waals surface area contributed by atoms with Crippen LogP contribution in [-0.2, 0) is 0 Å². The molecule has 0 spiro atoms. The topological polar surface area (TPSA) is 28.2 Å². The Balaban J connectivity index is 1.61. The molecule has 2 rings (SSSR count). The third-order valence-electron chi connectivity index (χ3n) is 4.42. The molecule has 1 aromatic rings. The van der Waals surface area contributed by atoms with Gasteiger partial charge in [0.2, 0.25) is 0 Å². The van der Waals surface area contributed by atoms with Crippen LogP contribution in [0.4, 0.5) is 0 Å². The molecule has 20 heavy (non-hydrogen) atoms. The van der Waals surface area contributed by atoms with Gasteiger partial charge in [0.25, 0.3) is 0 Å². The molecule has 1 aromatic heterocycles. The van der Waals surface area contributed by atoms with Gasteiger partial charge >= 0.3 is 0 Å². The lowest BCUT2D eigenvalue weighted by atomic mass is 9.94. The van der Waals surface area contributed by atoms with E-state index in [2.05, 4.69) is 41.5 Å². The summed E-state index contributed by atoms with van der Waals surface area (Å²) >= 11 is 1.74. The molecule has 1 aliphatic carbocycles. The maximum atomic E-state index is 4.54. The van der Waals surface area contributed by atoms with E-state index < -0.39 is 0 Å². The van der Waals surface area contributed by atoms with Crippen LogP contribution in [0.5, 0.6) is 0 Å². The van der Waals surface area contributed by atoms with Crippen LogP contribution in [0.1, 0.15) is 62.2 Å². The van der Waals surface area contributed by atoms with Gasteiger partial charge in [-0.1, -0.05) is 19.3 Å². The molecule has 1 N–H and O–H groups in total. The van der Waals surface area contributed by atoms with Gasteiger partial charge in [-0.25, -0.2) is 4.98 Å². The number of nitrogens with one attached hydrogen (secondary N) is 1. The van der Waals surface area contributed by atoms with Crippen molar-refractivity contribution in [3.05, 3.63) is 16.1 Å². The van der Waals surface area contributed by atoms with Crippen molar-refractivity contribution in [3.8, 4) is 0 Å². The first-order chi connectivity index (χ1) is 9.66. The summed E-state index contributed by atoms with van der Waals surface area (Å²) in [5.41, 5.74) is 1.19. The first-order valence-corrected chi connectivity index (χ1v) is 8.90. The number of nitrogens with zero attached hydrogens (tertiary/aromatic N) is 2. The minimum Gasteiger partial charge on any atom is -0.309 e. The van der Waals surface area contributed by atoms with E-state index in [4.69, 9.17) is 0 Å². The molecule has 1 saturated carbocycles. The first kappa shape index (κ1) is 15.9. The van der Waals surface area contributed by atoms with Gasteiger partial charge in [0.1, 0.15) is 0 Å². The van der Waals surface area contributed by atoms with E-state index in [1.807, 2.05) is 0 Å². The molecule has 0 radical (unpaired) electrons. The molecule has 0 bridgehead atoms. The SMILES string of the molecule is Cc1nc(C(C)NCCCN(C)C2CCCCC2)cs1. The summed E-state index contributed by atoms with van der Waals surface area (Å²) in [5, 5.41) is 6.91. The predicted octanol–water partition coefficient (Wildman–Crippen LogP) is 3.76. The number of aryl methyl sites for hydroxylation is 1. The molecular weight excluding hydrogens is 266 g/mol. The van der Waals surface area contributed by atoms with Gasteiger partial charge < -0.3 is 10.2 Å². The van der Waals surface area contributed by atoms with Gasteiger partial charge in [0.15, 0.2) is 0 Å². The lowest BCUT2D eigenvalue weighted by Gasteiger charge is -2.31. The fraction of sp³-hybridized carbons (Fsp3) is 0.812. The maximum Gasteiger partial charge on any atom is 0.0898 e. The average molecular weight is 295 g/mol. The van der Waals surface area contributed by atoms with Crippen LogP contribution in [-0.4, -0.2) is 36.1 Å². The predicted molar refractivity (Wildman–Crippen MR) is 87.4 cm³/mol. The summed E-state index contributed by atoms with van der Waals surface area (Å²) in [6.45, 7) is 6.56. The van der Waals surface area contributed by atoms with Crippen molar-refractivity contribution in [1.29, 1.82) is 0 Å². The highest BCUT2D eigenvalue weighted by Crippen LogP contribution is 2.21. The molecule has 0 amide bonds. The van der Waals surface area contributed by atoms with E-state index >= 15 is 0 Å². The van der Waals surface area contributed by atoms with E-state index in [-0.39, 0.29) is 0 Å². The standard InChI is InChI=1S/C16H29N3S/c1-13(16-12-20-14(2)18-16)17-10-7-11-19(3)15-8-5-4-6-9-15/h12-13,15,17H,4-11H2,1-3H3. The smallest absolute Gasteiger partial charge is 0.0898 e. The normalized spacial score (nSPS) is 18.6. The Bertz CT molecular complexity index is 385. The first-order valence-electron chi connectivity index (χ1n) is 8.02. The summed E-state index contributed by atoms with van der Waals surface area (Å²) in [5.74, 6) is 0. The van der Waals surface area contributed by atoms with Crippen LogP contribution in [0.15, 0.2) is 5.38 Å². The molecule has 1 unspecified atom stereocenters. The minimum atomic E-state index is 0.375. The molecule has 0 saturated heterocycles. The third-order valence-corrected chi connectivity index (χ3v) is 5.21. The van der Waals surface area contributed by atoms with E-state index in [1.165, 1.54) is 50.8 Å². The quantitative estimate of drug-likeness (QED) is 0.776. The van der Waals surface area contributed by atoms with Crippen molar-refractivity contribution in [2.45, 2.75) is 64.5 Å². The molecule has 1 fully saturated rings. The van der Waals surface area contributed by atoms with Crippen molar-refractivity contribution in [3.63, 3.8) is 0 Å². The second kappa shape index (κ2) is 8.11. The second-order valence-electron chi connectivity index (χ2n) is 6.09. The van der Waals surface area contributed by atoms with Gasteiger partial charge in [0.05, 0.1) is 10.7 Å². The van der Waals surface area contributed by atoms with E-state index in [1.54, 1.807) is 11.3 Å². The van der Waals surface area contributed by atoms with E-state index in [0.29, 0.717) is 6.04 Å². The number of rotatable bonds is 7. The molecule has 4 heteroatoms. The van der Waals surface area contributed by atoms with Gasteiger partial charge in [-0.2, -0.15) is 0 Å². The van der Waals surface area contributed by atoms with Crippen molar-refractivity contribution in [2.75, 3.05) is 20.1 Å². The number of hydrogen-bond donors (Lipinski definition) is 1. The largest absolute Gasteiger partial charge is 0.309 e. The van der Waals surface area contributed by atoms with Gasteiger partial charge in [-0.15, -0.1) is 11.3 Å². The average Bonchev–Trinajstić information content (AvgIpc) is 2.91. The van der Waals surface area contributed by atoms with Crippen molar-refractivity contribution in [1.82, 2.24) is 15.2 Å². The Morgan fingerprint density at radius 1 is 1.40 bits per heavy atom. The van der Waals surface area contributed by atoms with Gasteiger partial charge in [-0.05, 0) is 53.2 Å². The fourth-order valence-electron chi connectivity index (χ4n) is 3.04. The zero-order valence-electron chi connectivity index (χ0n) is 13.2. The van der Waals surface area contributed by atoms with Crippen LogP contribution in [0.2, 0.25) is 0 Å². The van der Waals surface area contributed by atoms with Gasteiger partial charge in [-0.3, -0.25) is 0 Å². The number of aromatic nitrogens is 1. The number of hydrogen-bond acceptors (Lipinski definition) is 4. The van der Waals surface area contributed by atoms with Gasteiger partial charge in [0, 0.05) is 17.5 Å². The van der Waals surface area contributed by atoms with Crippen LogP contribution in [0.3, 0.4) is 0 Å². The highest BCUT2D eigenvalue weighted by atomic mass is 32.1. The molecular formula is C16H29N3S. The summed E-state index contributed by atoms with van der Waals surface area (Å²) in [6.07, 6.45) is 8.31. The Morgan fingerprint density at radius 3 is 2.80 bits per heavy atom. The molecule has 3 nitrogen and oxygen atoms in total. The molecule has 1 aliphatic rings. The molecule has 1 heterocycles. The molecule has 0 aliphatic heterocycles. The van der Waals surface area contributed by atoms with E-state index in [9.17, 15) is 0 Å². The molecule has 1 atom stereocenters. The van der Waals surface area contributed by atoms with Crippen molar-refractivity contribution in [2.24, 2.45) is 0 Å². The summed E-state index contributed by atoms with van der Waals surface area (Å²) < 4.78 is 0. The van der Waals surface area contributed by atoms with Crippen molar-refractivity contribution >= 4 is 11.3 Å². The van der Waals surface area contributed by atoms with Crippen LogP contribution in [0, 0.1) is 6.92 Å². The van der Waals surface area contributed by atoms with E-state index in [0.717, 1.165) is 17.6 Å². The van der Waals surface area contributed by atoms with Crippen LogP contribution >= 0.6 is 11.3 Å². The Kier molecular flexibility index (Phi) is 6.46. The zero-order chi connectivity index (χ0) is 14.4. The maximum absolute atomic E-state index is 4.54. The Morgan fingerprint density at radius 2 is 2.15 bits per heavy atom. The highest BCUT2D eigenvalue weighted by Gasteiger charge is 2.17. The Hall–Kier alpha value is -0.450. The lowest BCUT2D eigenvalue weighted by Crippen LogP contribution is -2.35. The summed E-state index contributed by atoms with van der Waals surface area (Å²) in [6, 6.07) is 1.21. The third kappa shape index (κ3) is 4.83. The fourth-order valence-corrected chi connectivity index (χ4v) is 3.74. The monoisotopic (exact) mass is 295 g/mol. The summed E-state index contributed by atoms with van der Waals surface area (Å²) in [7, 11) is 2.29. The Labute approximate surface area is 127 Å². The van der Waals surface area contributed by atoms with Crippen LogP contribution < -0.4 is 5.32 Å². The highest BCUT2D eigenvalue weighted by molar-refractivity contribution is 7.09. The minimum absolute atomic E-state index is 0.375. The van der Waals surface area contributed by atoms with Crippen LogP contribution in [0.25, 0.3) is 0 Å². The molecule has 114 valence electrons. The van der Waals surface area contributed by atoms with Crippen molar-refractivity contribution < 1.29 is 0 Å². The second-order valence-corrected chi connectivity index (χ2v) is 7.16. The zero-order valence-corrected chi connectivity index (χ0v) is 14.0. The number of thiazole rings is 1. The summed E-state index contributed by atoms with van der Waals surface area (Å²) in [4.78, 5) is 7.11. The lowest BCUT2D eigenvalue weighted by molar-refractivity contribution is 0.189. The molecule has 0 aromatic carbocycles.